The van der Waals surface area contributed by atoms with Crippen LogP contribution in [0, 0.1) is 11.6 Å². The lowest BCUT2D eigenvalue weighted by atomic mass is 10.0. The topological polar surface area (TPSA) is 46.6 Å². The number of ether oxygens (including phenoxy) is 1. The minimum Gasteiger partial charge on any atom is -0.459 e. The predicted octanol–water partition coefficient (Wildman–Crippen LogP) is 6.96. The molecule has 0 heterocycles. The Labute approximate surface area is 205 Å². The Balaban J connectivity index is 1.98. The molecular weight excluding hydrogens is 448 g/mol. The van der Waals surface area contributed by atoms with Crippen LogP contribution in [0.1, 0.15) is 56.5 Å². The van der Waals surface area contributed by atoms with E-state index in [2.05, 4.69) is 19.1 Å². The van der Waals surface area contributed by atoms with Crippen molar-refractivity contribution in [1.29, 1.82) is 0 Å². The highest BCUT2D eigenvalue weighted by Gasteiger charge is 2.28. The molecule has 0 aromatic heterocycles. The van der Waals surface area contributed by atoms with Crippen LogP contribution in [0.15, 0.2) is 66.7 Å². The van der Waals surface area contributed by atoms with E-state index in [0.717, 1.165) is 47.4 Å². The second-order valence-corrected chi connectivity index (χ2v) is 9.43. The molecule has 0 saturated carbocycles. The Hall–Kier alpha value is -3.54. The van der Waals surface area contributed by atoms with Gasteiger partial charge in [0.2, 0.25) is 0 Å². The van der Waals surface area contributed by atoms with E-state index >= 15 is 0 Å². The monoisotopic (exact) mass is 479 g/mol. The SMILES string of the molecule is CCCCc1ccc(-c2cccc(N(CC(=O)OC(C)(C)C)C(=O)c3c(F)cccc3F)c2)cc1. The van der Waals surface area contributed by atoms with Crippen LogP contribution in [0.3, 0.4) is 0 Å². The van der Waals surface area contributed by atoms with Gasteiger partial charge in [0.05, 0.1) is 0 Å². The first-order valence-electron chi connectivity index (χ1n) is 11.8. The highest BCUT2D eigenvalue weighted by molar-refractivity contribution is 6.09. The molecule has 0 bridgehead atoms. The number of amides is 1. The molecule has 0 aliphatic heterocycles. The van der Waals surface area contributed by atoms with Gasteiger partial charge >= 0.3 is 5.97 Å². The summed E-state index contributed by atoms with van der Waals surface area (Å²) in [6.07, 6.45) is 3.24. The second-order valence-electron chi connectivity index (χ2n) is 9.43. The molecule has 35 heavy (non-hydrogen) atoms. The first-order chi connectivity index (χ1) is 16.6. The minimum absolute atomic E-state index is 0.330. The van der Waals surface area contributed by atoms with E-state index in [4.69, 9.17) is 4.74 Å². The normalized spacial score (nSPS) is 11.3. The van der Waals surface area contributed by atoms with Crippen LogP contribution in [0.4, 0.5) is 14.5 Å². The zero-order valence-corrected chi connectivity index (χ0v) is 20.6. The lowest BCUT2D eigenvalue weighted by molar-refractivity contribution is -0.152. The molecule has 1 amide bonds. The molecule has 0 saturated heterocycles. The van der Waals surface area contributed by atoms with Gasteiger partial charge in [-0.25, -0.2) is 8.78 Å². The van der Waals surface area contributed by atoms with Crippen molar-refractivity contribution in [2.24, 2.45) is 0 Å². The summed E-state index contributed by atoms with van der Waals surface area (Å²) in [4.78, 5) is 27.0. The number of esters is 1. The van der Waals surface area contributed by atoms with Crippen LogP contribution in [0.25, 0.3) is 11.1 Å². The number of halogens is 2. The smallest absolute Gasteiger partial charge is 0.326 e. The van der Waals surface area contributed by atoms with Gasteiger partial charge in [0, 0.05) is 5.69 Å². The van der Waals surface area contributed by atoms with Gasteiger partial charge in [0.25, 0.3) is 5.91 Å². The molecule has 4 nitrogen and oxygen atoms in total. The summed E-state index contributed by atoms with van der Waals surface area (Å²) in [5, 5.41) is 0. The first-order valence-corrected chi connectivity index (χ1v) is 11.8. The maximum Gasteiger partial charge on any atom is 0.326 e. The van der Waals surface area contributed by atoms with E-state index in [1.807, 2.05) is 18.2 Å². The van der Waals surface area contributed by atoms with Gasteiger partial charge in [-0.1, -0.05) is 55.8 Å². The number of nitrogens with zero attached hydrogens (tertiary/aromatic N) is 1. The number of carbonyl (C=O) groups excluding carboxylic acids is 2. The van der Waals surface area contributed by atoms with Gasteiger partial charge in [-0.2, -0.15) is 0 Å². The Bertz CT molecular complexity index is 1160. The van der Waals surface area contributed by atoms with Crippen molar-refractivity contribution in [2.75, 3.05) is 11.4 Å². The Morgan fingerprint density at radius 1 is 0.886 bits per heavy atom. The summed E-state index contributed by atoms with van der Waals surface area (Å²) in [6.45, 7) is 6.77. The van der Waals surface area contributed by atoms with Crippen molar-refractivity contribution in [3.05, 3.63) is 89.5 Å². The van der Waals surface area contributed by atoms with E-state index in [0.29, 0.717) is 5.69 Å². The summed E-state index contributed by atoms with van der Waals surface area (Å²) < 4.78 is 34.3. The van der Waals surface area contributed by atoms with Gasteiger partial charge < -0.3 is 4.74 Å². The number of anilines is 1. The summed E-state index contributed by atoms with van der Waals surface area (Å²) in [7, 11) is 0. The first kappa shape index (κ1) is 26.1. The molecule has 0 N–H and O–H groups in total. The van der Waals surface area contributed by atoms with Gasteiger partial charge in [-0.3, -0.25) is 14.5 Å². The molecular formula is C29H31F2NO3. The molecule has 0 aliphatic rings. The highest BCUT2D eigenvalue weighted by Crippen LogP contribution is 2.28. The fourth-order valence-electron chi connectivity index (χ4n) is 3.72. The third-order valence-electron chi connectivity index (χ3n) is 5.39. The van der Waals surface area contributed by atoms with Gasteiger partial charge in [0.1, 0.15) is 29.3 Å². The Kier molecular flexibility index (Phi) is 8.39. The standard InChI is InChI=1S/C29H31F2NO3/c1-5-6-9-20-14-16-21(17-15-20)22-10-7-11-23(18-22)32(19-26(33)35-29(2,3)4)28(34)27-24(30)12-8-13-25(27)31/h7-8,10-18H,5-6,9,19H2,1-4H3. The van der Waals surface area contributed by atoms with Crippen molar-refractivity contribution in [3.8, 4) is 11.1 Å². The molecule has 0 spiro atoms. The third kappa shape index (κ3) is 6.98. The van der Waals surface area contributed by atoms with E-state index in [9.17, 15) is 18.4 Å². The number of carbonyl (C=O) groups is 2. The highest BCUT2D eigenvalue weighted by atomic mass is 19.1. The van der Waals surface area contributed by atoms with Crippen molar-refractivity contribution in [3.63, 3.8) is 0 Å². The molecule has 0 fully saturated rings. The minimum atomic E-state index is -0.997. The van der Waals surface area contributed by atoms with Gasteiger partial charge in [0.15, 0.2) is 0 Å². The summed E-state index contributed by atoms with van der Waals surface area (Å²) in [5.74, 6) is -3.64. The fraction of sp³-hybridized carbons (Fsp3) is 0.310. The lowest BCUT2D eigenvalue weighted by Gasteiger charge is -2.26. The number of rotatable bonds is 8. The van der Waals surface area contributed by atoms with Gasteiger partial charge in [-0.15, -0.1) is 0 Å². The molecule has 0 radical (unpaired) electrons. The predicted molar refractivity (Wildman–Crippen MR) is 134 cm³/mol. The summed E-state index contributed by atoms with van der Waals surface area (Å²) in [6, 6.07) is 18.3. The molecule has 3 aromatic rings. The van der Waals surface area contributed by atoms with Gasteiger partial charge in [-0.05, 0) is 74.6 Å². The summed E-state index contributed by atoms with van der Waals surface area (Å²) >= 11 is 0. The summed E-state index contributed by atoms with van der Waals surface area (Å²) in [5.41, 5.74) is 1.80. The number of hydrogen-bond donors (Lipinski definition) is 0. The van der Waals surface area contributed by atoms with Crippen LogP contribution in [-0.2, 0) is 16.0 Å². The molecule has 3 rings (SSSR count). The maximum absolute atomic E-state index is 14.5. The Morgan fingerprint density at radius 3 is 2.11 bits per heavy atom. The zero-order chi connectivity index (χ0) is 25.6. The second kappa shape index (κ2) is 11.3. The van der Waals surface area contributed by atoms with Crippen LogP contribution >= 0.6 is 0 Å². The largest absolute Gasteiger partial charge is 0.459 e. The molecule has 3 aromatic carbocycles. The van der Waals surface area contributed by atoms with E-state index in [-0.39, 0.29) is 0 Å². The zero-order valence-electron chi connectivity index (χ0n) is 20.6. The van der Waals surface area contributed by atoms with Crippen molar-refractivity contribution in [2.45, 2.75) is 52.6 Å². The number of benzene rings is 3. The van der Waals surface area contributed by atoms with Crippen molar-refractivity contribution in [1.82, 2.24) is 0 Å². The maximum atomic E-state index is 14.5. The number of aryl methyl sites for hydroxylation is 1. The quantitative estimate of drug-likeness (QED) is 0.328. The van der Waals surface area contributed by atoms with E-state index < -0.39 is 41.2 Å². The van der Waals surface area contributed by atoms with Crippen LogP contribution in [-0.4, -0.2) is 24.0 Å². The average molecular weight is 480 g/mol. The lowest BCUT2D eigenvalue weighted by Crippen LogP contribution is -2.39. The molecule has 0 atom stereocenters. The molecule has 184 valence electrons. The number of unbranched alkanes of at least 4 members (excludes halogenated alkanes) is 1. The number of hydrogen-bond acceptors (Lipinski definition) is 3. The molecule has 6 heteroatoms. The van der Waals surface area contributed by atoms with Crippen molar-refractivity contribution >= 4 is 17.6 Å². The van der Waals surface area contributed by atoms with Crippen LogP contribution < -0.4 is 4.90 Å². The Morgan fingerprint density at radius 2 is 1.51 bits per heavy atom. The molecule has 0 aliphatic carbocycles. The van der Waals surface area contributed by atoms with E-state index in [1.165, 1.54) is 11.6 Å². The fourth-order valence-corrected chi connectivity index (χ4v) is 3.72. The average Bonchev–Trinajstić information content (AvgIpc) is 2.80. The third-order valence-corrected chi connectivity index (χ3v) is 5.39. The van der Waals surface area contributed by atoms with E-state index in [1.54, 1.807) is 39.0 Å². The van der Waals surface area contributed by atoms with Crippen LogP contribution in [0.2, 0.25) is 0 Å². The van der Waals surface area contributed by atoms with Crippen LogP contribution in [0.5, 0.6) is 0 Å². The van der Waals surface area contributed by atoms with Crippen molar-refractivity contribution < 1.29 is 23.1 Å². The molecule has 0 unspecified atom stereocenters.